The predicted octanol–water partition coefficient (Wildman–Crippen LogP) is -0.0571. The number of carbonyl (C=O) groups excluding carboxylic acids is 3. The Kier molecular flexibility index (Phi) is 2.25. The molecule has 1 heterocycles. The van der Waals surface area contributed by atoms with Gasteiger partial charge in [-0.3, -0.25) is 19.3 Å². The van der Waals surface area contributed by atoms with Crippen LogP contribution in [0.3, 0.4) is 0 Å². The highest BCUT2D eigenvalue weighted by atomic mass is 16.5. The fraction of sp³-hybridized carbons (Fsp3) is 0.700. The number of hydrogen-bond donors (Lipinski definition) is 0. The smallest absolute Gasteiger partial charge is 0.326 e. The minimum Gasteiger partial charge on any atom is -0.462 e. The molecule has 0 spiro atoms. The molecular formula is C10H13NO4. The molecular weight excluding hydrogens is 198 g/mol. The molecule has 2 aliphatic rings. The second-order valence-electron chi connectivity index (χ2n) is 4.25. The number of piperidine rings is 1. The zero-order chi connectivity index (χ0) is 11.2. The number of amides is 2. The van der Waals surface area contributed by atoms with Crippen molar-refractivity contribution in [2.24, 2.45) is 11.8 Å². The van der Waals surface area contributed by atoms with Gasteiger partial charge in [0, 0.05) is 0 Å². The molecule has 1 saturated carbocycles. The van der Waals surface area contributed by atoms with Gasteiger partial charge in [0.2, 0.25) is 11.8 Å². The highest BCUT2D eigenvalue weighted by Crippen LogP contribution is 2.46. The molecule has 15 heavy (non-hydrogen) atoms. The zero-order valence-electron chi connectivity index (χ0n) is 8.73. The van der Waals surface area contributed by atoms with E-state index in [0.717, 1.165) is 4.90 Å². The molecule has 5 nitrogen and oxygen atoms in total. The van der Waals surface area contributed by atoms with E-state index in [-0.39, 0.29) is 36.3 Å². The number of likely N-dealkylation sites (tertiary alicyclic amines) is 1. The molecule has 1 aliphatic heterocycles. The van der Waals surface area contributed by atoms with Crippen LogP contribution in [0.25, 0.3) is 0 Å². The SMILES string of the molecule is CC(C)OC(=O)CN1C(=O)C2CC2C1=O. The van der Waals surface area contributed by atoms with E-state index in [1.165, 1.54) is 0 Å². The number of imide groups is 1. The standard InChI is InChI=1S/C10H13NO4/c1-5(2)15-8(12)4-11-9(13)6-3-7(6)10(11)14/h5-7H,3-4H2,1-2H3. The van der Waals surface area contributed by atoms with Crippen LogP contribution in [0.2, 0.25) is 0 Å². The van der Waals surface area contributed by atoms with Gasteiger partial charge in [-0.1, -0.05) is 0 Å². The Hall–Kier alpha value is -1.39. The molecule has 82 valence electrons. The fourth-order valence-electron chi connectivity index (χ4n) is 1.83. The molecule has 2 rings (SSSR count). The van der Waals surface area contributed by atoms with E-state index < -0.39 is 5.97 Å². The lowest BCUT2D eigenvalue weighted by Crippen LogP contribution is -2.38. The Labute approximate surface area is 87.4 Å². The van der Waals surface area contributed by atoms with Crippen molar-refractivity contribution in [2.45, 2.75) is 26.4 Å². The van der Waals surface area contributed by atoms with Gasteiger partial charge in [0.25, 0.3) is 0 Å². The Morgan fingerprint density at radius 1 is 1.40 bits per heavy atom. The topological polar surface area (TPSA) is 63.7 Å². The maximum Gasteiger partial charge on any atom is 0.326 e. The molecule has 2 fully saturated rings. The third kappa shape index (κ3) is 1.73. The number of carbonyl (C=O) groups is 3. The molecule has 5 heteroatoms. The van der Waals surface area contributed by atoms with Crippen molar-refractivity contribution in [3.8, 4) is 0 Å². The van der Waals surface area contributed by atoms with E-state index in [9.17, 15) is 14.4 Å². The lowest BCUT2D eigenvalue weighted by atomic mass is 10.4. The summed E-state index contributed by atoms with van der Waals surface area (Å²) >= 11 is 0. The van der Waals surface area contributed by atoms with Gasteiger partial charge in [-0.05, 0) is 20.3 Å². The normalized spacial score (nSPS) is 28.3. The third-order valence-electron chi connectivity index (χ3n) is 2.61. The molecule has 0 bridgehead atoms. The summed E-state index contributed by atoms with van der Waals surface area (Å²) in [6.45, 7) is 3.22. The summed E-state index contributed by atoms with van der Waals surface area (Å²) in [6, 6.07) is 0. The van der Waals surface area contributed by atoms with Crippen molar-refractivity contribution in [1.29, 1.82) is 0 Å². The van der Waals surface area contributed by atoms with E-state index >= 15 is 0 Å². The second kappa shape index (κ2) is 3.32. The van der Waals surface area contributed by atoms with Crippen molar-refractivity contribution in [1.82, 2.24) is 4.90 Å². The summed E-state index contributed by atoms with van der Waals surface area (Å²) in [5, 5.41) is 0. The number of hydrogen-bond acceptors (Lipinski definition) is 4. The molecule has 0 aromatic rings. The van der Waals surface area contributed by atoms with Crippen molar-refractivity contribution >= 4 is 17.8 Å². The monoisotopic (exact) mass is 211 g/mol. The van der Waals surface area contributed by atoms with Crippen LogP contribution in [0.5, 0.6) is 0 Å². The highest BCUT2D eigenvalue weighted by Gasteiger charge is 2.59. The van der Waals surface area contributed by atoms with Crippen LogP contribution in [-0.2, 0) is 19.1 Å². The second-order valence-corrected chi connectivity index (χ2v) is 4.25. The maximum atomic E-state index is 11.5. The van der Waals surface area contributed by atoms with Gasteiger partial charge in [-0.15, -0.1) is 0 Å². The lowest BCUT2D eigenvalue weighted by molar-refractivity contribution is -0.156. The summed E-state index contributed by atoms with van der Waals surface area (Å²) in [7, 11) is 0. The average molecular weight is 211 g/mol. The summed E-state index contributed by atoms with van der Waals surface area (Å²) in [5.41, 5.74) is 0. The van der Waals surface area contributed by atoms with Crippen LogP contribution < -0.4 is 0 Å². The van der Waals surface area contributed by atoms with Gasteiger partial charge in [0.05, 0.1) is 17.9 Å². The first-order valence-corrected chi connectivity index (χ1v) is 5.05. The summed E-state index contributed by atoms with van der Waals surface area (Å²) in [6.07, 6.45) is 0.438. The quantitative estimate of drug-likeness (QED) is 0.484. The summed E-state index contributed by atoms with van der Waals surface area (Å²) in [4.78, 5) is 35.2. The van der Waals surface area contributed by atoms with E-state index in [1.54, 1.807) is 13.8 Å². The Balaban J connectivity index is 1.92. The van der Waals surface area contributed by atoms with E-state index in [2.05, 4.69) is 0 Å². The first-order chi connectivity index (χ1) is 7.00. The lowest BCUT2D eigenvalue weighted by Gasteiger charge is -2.16. The molecule has 0 aromatic carbocycles. The number of ether oxygens (including phenoxy) is 1. The van der Waals surface area contributed by atoms with Gasteiger partial charge in [0.1, 0.15) is 6.54 Å². The largest absolute Gasteiger partial charge is 0.462 e. The van der Waals surface area contributed by atoms with Crippen molar-refractivity contribution < 1.29 is 19.1 Å². The first kappa shape index (κ1) is 10.1. The number of fused-ring (bicyclic) bond motifs is 1. The minimum atomic E-state index is -0.520. The van der Waals surface area contributed by atoms with Crippen molar-refractivity contribution in [3.05, 3.63) is 0 Å². The molecule has 0 N–H and O–H groups in total. The van der Waals surface area contributed by atoms with Crippen LogP contribution in [0, 0.1) is 11.8 Å². The zero-order valence-corrected chi connectivity index (χ0v) is 8.73. The van der Waals surface area contributed by atoms with Crippen LogP contribution >= 0.6 is 0 Å². The van der Waals surface area contributed by atoms with Gasteiger partial charge in [0.15, 0.2) is 0 Å². The molecule has 2 atom stereocenters. The van der Waals surface area contributed by atoms with Crippen molar-refractivity contribution in [2.75, 3.05) is 6.54 Å². The number of nitrogens with zero attached hydrogens (tertiary/aromatic N) is 1. The van der Waals surface area contributed by atoms with E-state index in [0.29, 0.717) is 6.42 Å². The van der Waals surface area contributed by atoms with Crippen LogP contribution in [0.4, 0.5) is 0 Å². The van der Waals surface area contributed by atoms with E-state index in [4.69, 9.17) is 4.74 Å². The molecule has 2 unspecified atom stereocenters. The van der Waals surface area contributed by atoms with Gasteiger partial charge in [-0.2, -0.15) is 0 Å². The highest BCUT2D eigenvalue weighted by molar-refractivity contribution is 6.10. The molecule has 0 aromatic heterocycles. The minimum absolute atomic E-state index is 0.149. The fourth-order valence-corrected chi connectivity index (χ4v) is 1.83. The van der Waals surface area contributed by atoms with Gasteiger partial charge < -0.3 is 4.74 Å². The molecule has 2 amide bonds. The predicted molar refractivity (Wildman–Crippen MR) is 49.5 cm³/mol. The number of rotatable bonds is 3. The van der Waals surface area contributed by atoms with Crippen molar-refractivity contribution in [3.63, 3.8) is 0 Å². The van der Waals surface area contributed by atoms with Crippen LogP contribution in [-0.4, -0.2) is 35.3 Å². The van der Waals surface area contributed by atoms with Gasteiger partial charge >= 0.3 is 5.97 Å². The van der Waals surface area contributed by atoms with Crippen LogP contribution in [0.1, 0.15) is 20.3 Å². The summed E-state index contributed by atoms with van der Waals surface area (Å²) < 4.78 is 4.87. The number of esters is 1. The molecule has 0 radical (unpaired) electrons. The average Bonchev–Trinajstić information content (AvgIpc) is 2.85. The van der Waals surface area contributed by atoms with Crippen LogP contribution in [0.15, 0.2) is 0 Å². The Morgan fingerprint density at radius 2 is 1.93 bits per heavy atom. The first-order valence-electron chi connectivity index (χ1n) is 5.05. The summed E-state index contributed by atoms with van der Waals surface area (Å²) in [5.74, 6) is -1.25. The Morgan fingerprint density at radius 3 is 2.40 bits per heavy atom. The molecule has 1 aliphatic carbocycles. The van der Waals surface area contributed by atoms with E-state index in [1.807, 2.05) is 0 Å². The van der Waals surface area contributed by atoms with Gasteiger partial charge in [-0.25, -0.2) is 0 Å². The Bertz CT molecular complexity index is 316. The maximum absolute atomic E-state index is 11.5. The third-order valence-corrected chi connectivity index (χ3v) is 2.61. The molecule has 1 saturated heterocycles.